The molecule has 3 aromatic carbocycles. The SMILES string of the molecule is C=C[C@H]1c2ccccc2N(S(=O)(=O)c2ccc(C)cc2)C(=O)[C@@]1(NC(=O)c1ccccc1)C(=O)OCC. The number of hydrogen-bond donors (Lipinski definition) is 1. The second-order valence-corrected chi connectivity index (χ2v) is 10.3. The second-order valence-electron chi connectivity index (χ2n) is 8.51. The van der Waals surface area contributed by atoms with E-state index in [1.807, 2.05) is 0 Å². The van der Waals surface area contributed by atoms with Gasteiger partial charge in [-0.15, -0.1) is 6.58 Å². The highest BCUT2D eigenvalue weighted by Crippen LogP contribution is 2.45. The number of carbonyl (C=O) groups is 3. The summed E-state index contributed by atoms with van der Waals surface area (Å²) in [6.45, 7) is 7.06. The Balaban J connectivity index is 1.99. The van der Waals surface area contributed by atoms with Crippen LogP contribution in [0.1, 0.15) is 34.3 Å². The summed E-state index contributed by atoms with van der Waals surface area (Å²) in [7, 11) is -4.50. The largest absolute Gasteiger partial charge is 0.464 e. The zero-order valence-corrected chi connectivity index (χ0v) is 21.2. The topological polar surface area (TPSA) is 110 Å². The van der Waals surface area contributed by atoms with E-state index < -0.39 is 39.3 Å². The minimum Gasteiger partial charge on any atom is -0.464 e. The fourth-order valence-electron chi connectivity index (χ4n) is 4.41. The molecule has 0 bridgehead atoms. The molecule has 1 heterocycles. The Kier molecular flexibility index (Phi) is 7.00. The molecule has 4 rings (SSSR count). The monoisotopic (exact) mass is 518 g/mol. The Hall–Kier alpha value is -4.24. The number of esters is 1. The van der Waals surface area contributed by atoms with Crippen LogP contribution >= 0.6 is 0 Å². The van der Waals surface area contributed by atoms with E-state index in [0.717, 1.165) is 5.56 Å². The summed E-state index contributed by atoms with van der Waals surface area (Å²) in [5.74, 6) is -4.12. The predicted molar refractivity (Wildman–Crippen MR) is 139 cm³/mol. The quantitative estimate of drug-likeness (QED) is 0.290. The molecule has 2 amide bonds. The van der Waals surface area contributed by atoms with E-state index in [-0.39, 0.29) is 22.8 Å². The van der Waals surface area contributed by atoms with E-state index in [1.165, 1.54) is 36.4 Å². The molecule has 2 atom stereocenters. The molecule has 0 aromatic heterocycles. The highest BCUT2D eigenvalue weighted by atomic mass is 32.2. The van der Waals surface area contributed by atoms with Crippen molar-refractivity contribution in [3.63, 3.8) is 0 Å². The lowest BCUT2D eigenvalue weighted by Gasteiger charge is -2.44. The summed E-state index contributed by atoms with van der Waals surface area (Å²) in [6.07, 6.45) is 1.34. The first kappa shape index (κ1) is 25.8. The van der Waals surface area contributed by atoms with Crippen molar-refractivity contribution in [2.75, 3.05) is 10.9 Å². The lowest BCUT2D eigenvalue weighted by Crippen LogP contribution is -2.70. The molecule has 0 saturated heterocycles. The van der Waals surface area contributed by atoms with Gasteiger partial charge in [-0.1, -0.05) is 60.2 Å². The lowest BCUT2D eigenvalue weighted by molar-refractivity contribution is -0.155. The standard InChI is InChI=1S/C28H26N2O6S/c1-4-23-22-13-9-10-14-24(22)30(37(34,35)21-17-15-19(3)16-18-21)26(32)28(23,27(33)36-5-2)29-25(31)20-11-7-6-8-12-20/h4,6-18,23H,1,5H2,2-3H3,(H,29,31)/t23-,28+/m0/s1. The van der Waals surface area contributed by atoms with Gasteiger partial charge in [0, 0.05) is 11.5 Å². The van der Waals surface area contributed by atoms with Crippen LogP contribution < -0.4 is 9.62 Å². The van der Waals surface area contributed by atoms with Crippen LogP contribution in [0.25, 0.3) is 0 Å². The van der Waals surface area contributed by atoms with Crippen molar-refractivity contribution in [2.24, 2.45) is 0 Å². The van der Waals surface area contributed by atoms with E-state index in [1.54, 1.807) is 62.4 Å². The average Bonchev–Trinajstić information content (AvgIpc) is 2.89. The molecule has 0 spiro atoms. The maximum Gasteiger partial charge on any atom is 0.342 e. The van der Waals surface area contributed by atoms with Crippen molar-refractivity contribution in [1.82, 2.24) is 5.32 Å². The maximum absolute atomic E-state index is 14.3. The number of amides is 2. The maximum atomic E-state index is 14.3. The summed E-state index contributed by atoms with van der Waals surface area (Å²) in [5, 5.41) is 2.55. The number of ether oxygens (including phenoxy) is 1. The number of carbonyl (C=O) groups excluding carboxylic acids is 3. The van der Waals surface area contributed by atoms with Crippen molar-refractivity contribution in [3.8, 4) is 0 Å². The zero-order chi connectivity index (χ0) is 26.8. The molecule has 0 radical (unpaired) electrons. The predicted octanol–water partition coefficient (Wildman–Crippen LogP) is 3.73. The normalized spacial score (nSPS) is 19.0. The fourth-order valence-corrected chi connectivity index (χ4v) is 5.89. The molecular weight excluding hydrogens is 492 g/mol. The van der Waals surface area contributed by atoms with Crippen LogP contribution in [0.3, 0.4) is 0 Å². The average molecular weight is 519 g/mol. The minimum atomic E-state index is -4.50. The molecule has 9 heteroatoms. The number of para-hydroxylation sites is 1. The van der Waals surface area contributed by atoms with Gasteiger partial charge in [-0.2, -0.15) is 4.31 Å². The third-order valence-electron chi connectivity index (χ3n) is 6.22. The Morgan fingerprint density at radius 2 is 1.65 bits per heavy atom. The van der Waals surface area contributed by atoms with Crippen molar-refractivity contribution >= 4 is 33.5 Å². The number of anilines is 1. The molecule has 190 valence electrons. The van der Waals surface area contributed by atoms with Crippen molar-refractivity contribution < 1.29 is 27.5 Å². The first-order valence-electron chi connectivity index (χ1n) is 11.6. The van der Waals surface area contributed by atoms with Crippen LogP contribution in [-0.2, 0) is 24.3 Å². The van der Waals surface area contributed by atoms with E-state index in [9.17, 15) is 22.8 Å². The smallest absolute Gasteiger partial charge is 0.342 e. The van der Waals surface area contributed by atoms with Gasteiger partial charge in [-0.25, -0.2) is 13.2 Å². The van der Waals surface area contributed by atoms with Crippen LogP contribution in [0.5, 0.6) is 0 Å². The molecule has 0 unspecified atom stereocenters. The van der Waals surface area contributed by atoms with Crippen LogP contribution in [0, 0.1) is 6.92 Å². The number of sulfonamides is 1. The number of benzene rings is 3. The summed E-state index contributed by atoms with van der Waals surface area (Å²) < 4.78 is 33.7. The van der Waals surface area contributed by atoms with E-state index in [2.05, 4.69) is 11.9 Å². The van der Waals surface area contributed by atoms with Gasteiger partial charge < -0.3 is 10.1 Å². The van der Waals surface area contributed by atoms with Gasteiger partial charge in [0.1, 0.15) is 0 Å². The lowest BCUT2D eigenvalue weighted by atomic mass is 9.74. The zero-order valence-electron chi connectivity index (χ0n) is 20.4. The van der Waals surface area contributed by atoms with Gasteiger partial charge in [-0.05, 0) is 49.7 Å². The Labute approximate surface area is 215 Å². The molecule has 1 N–H and O–H groups in total. The van der Waals surface area contributed by atoms with E-state index >= 15 is 0 Å². The molecule has 3 aromatic rings. The van der Waals surface area contributed by atoms with Gasteiger partial charge in [0.05, 0.1) is 17.2 Å². The number of rotatable bonds is 7. The third kappa shape index (κ3) is 4.31. The number of nitrogens with zero attached hydrogens (tertiary/aromatic N) is 1. The van der Waals surface area contributed by atoms with Gasteiger partial charge in [0.2, 0.25) is 5.54 Å². The Bertz CT molecular complexity index is 1470. The number of aryl methyl sites for hydroxylation is 1. The number of nitrogens with one attached hydrogen (secondary N) is 1. The first-order valence-corrected chi connectivity index (χ1v) is 13.0. The van der Waals surface area contributed by atoms with E-state index in [0.29, 0.717) is 9.87 Å². The van der Waals surface area contributed by atoms with Crippen LogP contribution in [0.2, 0.25) is 0 Å². The third-order valence-corrected chi connectivity index (χ3v) is 7.93. The molecule has 37 heavy (non-hydrogen) atoms. The minimum absolute atomic E-state index is 0.0619. The number of hydrogen-bond acceptors (Lipinski definition) is 6. The Morgan fingerprint density at radius 1 is 1.03 bits per heavy atom. The van der Waals surface area contributed by atoms with Crippen LogP contribution in [-0.4, -0.2) is 38.3 Å². The summed E-state index contributed by atoms with van der Waals surface area (Å²) in [6, 6.07) is 20.3. The highest BCUT2D eigenvalue weighted by molar-refractivity contribution is 7.93. The molecule has 0 fully saturated rings. The van der Waals surface area contributed by atoms with E-state index in [4.69, 9.17) is 4.74 Å². The molecule has 0 aliphatic carbocycles. The van der Waals surface area contributed by atoms with Gasteiger partial charge >= 0.3 is 5.97 Å². The van der Waals surface area contributed by atoms with Crippen LogP contribution in [0.15, 0.2) is 96.4 Å². The fraction of sp³-hybridized carbons (Fsp3) is 0.179. The highest BCUT2D eigenvalue weighted by Gasteiger charge is 2.62. The molecule has 8 nitrogen and oxygen atoms in total. The van der Waals surface area contributed by atoms with Gasteiger partial charge in [0.15, 0.2) is 0 Å². The summed E-state index contributed by atoms with van der Waals surface area (Å²) >= 11 is 0. The molecule has 0 saturated carbocycles. The van der Waals surface area contributed by atoms with Gasteiger partial charge in [-0.3, -0.25) is 9.59 Å². The molecular formula is C28H26N2O6S. The first-order chi connectivity index (χ1) is 17.7. The molecule has 1 aliphatic rings. The molecule has 1 aliphatic heterocycles. The van der Waals surface area contributed by atoms with Crippen LogP contribution in [0.4, 0.5) is 5.69 Å². The van der Waals surface area contributed by atoms with Crippen molar-refractivity contribution in [2.45, 2.75) is 30.2 Å². The van der Waals surface area contributed by atoms with Crippen molar-refractivity contribution in [1.29, 1.82) is 0 Å². The Morgan fingerprint density at radius 3 is 2.27 bits per heavy atom. The summed E-state index contributed by atoms with van der Waals surface area (Å²) in [4.78, 5) is 41.1. The summed E-state index contributed by atoms with van der Waals surface area (Å²) in [5.41, 5.74) is -1.06. The number of fused-ring (bicyclic) bond motifs is 1. The van der Waals surface area contributed by atoms with Crippen molar-refractivity contribution in [3.05, 3.63) is 108 Å². The van der Waals surface area contributed by atoms with Gasteiger partial charge in [0.25, 0.3) is 21.8 Å². The second kappa shape index (κ2) is 10.0.